The summed E-state index contributed by atoms with van der Waals surface area (Å²) in [6.07, 6.45) is 0. The first-order valence-electron chi connectivity index (χ1n) is 5.67. The lowest BCUT2D eigenvalue weighted by atomic mass is 10.1. The maximum Gasteiger partial charge on any atom is 0.0599 e. The molecule has 0 radical (unpaired) electrons. The molecule has 0 atom stereocenters. The molecule has 1 nitrogen and oxygen atoms in total. The van der Waals surface area contributed by atoms with Crippen LogP contribution in [0.15, 0.2) is 48.5 Å². The van der Waals surface area contributed by atoms with E-state index in [0.717, 1.165) is 11.3 Å². The van der Waals surface area contributed by atoms with Crippen molar-refractivity contribution in [1.82, 2.24) is 4.57 Å². The van der Waals surface area contributed by atoms with Crippen molar-refractivity contribution in [2.24, 2.45) is 7.05 Å². The molecule has 0 bridgehead atoms. The van der Waals surface area contributed by atoms with Crippen molar-refractivity contribution in [3.63, 3.8) is 0 Å². The molecule has 3 heteroatoms. The zero-order chi connectivity index (χ0) is 12.7. The number of nitrogens with zero attached hydrogens (tertiary/aromatic N) is 1. The van der Waals surface area contributed by atoms with Crippen LogP contribution in [0.25, 0.3) is 22.2 Å². The number of benzene rings is 2. The highest BCUT2D eigenvalue weighted by molar-refractivity contribution is 6.42. The molecule has 18 heavy (non-hydrogen) atoms. The Hall–Kier alpha value is -1.44. The number of aromatic nitrogens is 1. The molecule has 0 saturated heterocycles. The molecule has 2 aromatic carbocycles. The monoisotopic (exact) mass is 275 g/mol. The maximum absolute atomic E-state index is 6.07. The third-order valence-electron chi connectivity index (χ3n) is 3.17. The van der Waals surface area contributed by atoms with E-state index >= 15 is 0 Å². The van der Waals surface area contributed by atoms with E-state index in [9.17, 15) is 0 Å². The van der Waals surface area contributed by atoms with Gasteiger partial charge in [0.05, 0.1) is 10.0 Å². The molecule has 3 rings (SSSR count). The van der Waals surface area contributed by atoms with Crippen LogP contribution in [0, 0.1) is 0 Å². The average Bonchev–Trinajstić information content (AvgIpc) is 2.71. The smallest absolute Gasteiger partial charge is 0.0599 e. The van der Waals surface area contributed by atoms with Gasteiger partial charge in [0.1, 0.15) is 0 Å². The number of fused-ring (bicyclic) bond motifs is 1. The topological polar surface area (TPSA) is 4.93 Å². The highest BCUT2D eigenvalue weighted by atomic mass is 35.5. The van der Waals surface area contributed by atoms with Gasteiger partial charge in [0.25, 0.3) is 0 Å². The van der Waals surface area contributed by atoms with Gasteiger partial charge in [-0.25, -0.2) is 0 Å². The number of hydrogen-bond donors (Lipinski definition) is 0. The van der Waals surface area contributed by atoms with E-state index in [1.54, 1.807) is 0 Å². The molecule has 90 valence electrons. The molecule has 1 heterocycles. The highest BCUT2D eigenvalue weighted by Crippen LogP contribution is 2.31. The molecule has 0 aliphatic heterocycles. The number of rotatable bonds is 1. The van der Waals surface area contributed by atoms with Crippen molar-refractivity contribution < 1.29 is 0 Å². The molecular weight excluding hydrogens is 265 g/mol. The van der Waals surface area contributed by atoms with Crippen LogP contribution in [0.4, 0.5) is 0 Å². The average molecular weight is 276 g/mol. The zero-order valence-corrected chi connectivity index (χ0v) is 11.3. The Labute approximate surface area is 116 Å². The Kier molecular flexibility index (Phi) is 2.81. The molecule has 0 aliphatic rings. The van der Waals surface area contributed by atoms with Gasteiger partial charge in [-0.05, 0) is 29.8 Å². The first kappa shape index (κ1) is 11.6. The largest absolute Gasteiger partial charge is 0.344 e. The number of halogens is 2. The minimum absolute atomic E-state index is 0.583. The number of aryl methyl sites for hydroxylation is 1. The molecular formula is C15H11Cl2N. The SMILES string of the molecule is Cn1c(-c2ccc(Cl)c(Cl)c2)cc2ccccc21. The fraction of sp³-hybridized carbons (Fsp3) is 0.0667. The lowest BCUT2D eigenvalue weighted by molar-refractivity contribution is 0.978. The zero-order valence-electron chi connectivity index (χ0n) is 9.82. The minimum atomic E-state index is 0.583. The molecule has 1 aromatic heterocycles. The number of para-hydroxylation sites is 1. The Morgan fingerprint density at radius 1 is 0.889 bits per heavy atom. The molecule has 0 saturated carbocycles. The Morgan fingerprint density at radius 3 is 2.39 bits per heavy atom. The Balaban J connectivity index is 2.25. The summed E-state index contributed by atoms with van der Waals surface area (Å²) in [4.78, 5) is 0. The lowest BCUT2D eigenvalue weighted by Gasteiger charge is -2.05. The Morgan fingerprint density at radius 2 is 1.67 bits per heavy atom. The van der Waals surface area contributed by atoms with Crippen LogP contribution in [0.2, 0.25) is 10.0 Å². The molecule has 0 spiro atoms. The lowest BCUT2D eigenvalue weighted by Crippen LogP contribution is -1.90. The van der Waals surface area contributed by atoms with Crippen molar-refractivity contribution in [2.45, 2.75) is 0 Å². The molecule has 0 N–H and O–H groups in total. The quantitative estimate of drug-likeness (QED) is 0.579. The van der Waals surface area contributed by atoms with E-state index in [1.165, 1.54) is 10.9 Å². The van der Waals surface area contributed by atoms with Gasteiger partial charge in [0, 0.05) is 23.6 Å². The minimum Gasteiger partial charge on any atom is -0.344 e. The van der Waals surface area contributed by atoms with Gasteiger partial charge in [-0.3, -0.25) is 0 Å². The van der Waals surface area contributed by atoms with E-state index in [0.29, 0.717) is 10.0 Å². The van der Waals surface area contributed by atoms with Gasteiger partial charge < -0.3 is 4.57 Å². The molecule has 0 aliphatic carbocycles. The van der Waals surface area contributed by atoms with Crippen LogP contribution >= 0.6 is 23.2 Å². The summed E-state index contributed by atoms with van der Waals surface area (Å²) in [5, 5.41) is 2.39. The van der Waals surface area contributed by atoms with E-state index in [4.69, 9.17) is 23.2 Å². The van der Waals surface area contributed by atoms with Crippen LogP contribution in [0.3, 0.4) is 0 Å². The van der Waals surface area contributed by atoms with Gasteiger partial charge in [0.15, 0.2) is 0 Å². The van der Waals surface area contributed by atoms with Crippen molar-refractivity contribution in [2.75, 3.05) is 0 Å². The summed E-state index contributed by atoms with van der Waals surface area (Å²) >= 11 is 12.0. The van der Waals surface area contributed by atoms with E-state index in [1.807, 2.05) is 30.3 Å². The summed E-state index contributed by atoms with van der Waals surface area (Å²) in [6.45, 7) is 0. The first-order valence-corrected chi connectivity index (χ1v) is 6.42. The van der Waals surface area contributed by atoms with Crippen LogP contribution in [-0.2, 0) is 7.05 Å². The second-order valence-electron chi connectivity index (χ2n) is 4.28. The maximum atomic E-state index is 6.07. The molecule has 0 amide bonds. The van der Waals surface area contributed by atoms with Gasteiger partial charge in [-0.1, -0.05) is 47.5 Å². The third-order valence-corrected chi connectivity index (χ3v) is 3.91. The fourth-order valence-electron chi connectivity index (χ4n) is 2.22. The second kappa shape index (κ2) is 4.34. The third kappa shape index (κ3) is 1.80. The van der Waals surface area contributed by atoms with Crippen molar-refractivity contribution in [3.8, 4) is 11.3 Å². The summed E-state index contributed by atoms with van der Waals surface area (Å²) in [5.74, 6) is 0. The predicted molar refractivity (Wildman–Crippen MR) is 78.4 cm³/mol. The van der Waals surface area contributed by atoms with Crippen molar-refractivity contribution in [1.29, 1.82) is 0 Å². The predicted octanol–water partition coefficient (Wildman–Crippen LogP) is 5.15. The van der Waals surface area contributed by atoms with E-state index in [-0.39, 0.29) is 0 Å². The van der Waals surface area contributed by atoms with Crippen LogP contribution < -0.4 is 0 Å². The van der Waals surface area contributed by atoms with Crippen LogP contribution in [-0.4, -0.2) is 4.57 Å². The van der Waals surface area contributed by atoms with Gasteiger partial charge in [0.2, 0.25) is 0 Å². The van der Waals surface area contributed by atoms with Crippen LogP contribution in [0.5, 0.6) is 0 Å². The van der Waals surface area contributed by atoms with Crippen molar-refractivity contribution in [3.05, 3.63) is 58.6 Å². The van der Waals surface area contributed by atoms with Gasteiger partial charge >= 0.3 is 0 Å². The van der Waals surface area contributed by atoms with Crippen molar-refractivity contribution >= 4 is 34.1 Å². The molecule has 0 fully saturated rings. The molecule has 0 unspecified atom stereocenters. The summed E-state index contributed by atoms with van der Waals surface area (Å²) < 4.78 is 2.16. The standard InChI is InChI=1S/C15H11Cl2N/c1-18-14-5-3-2-4-10(14)9-15(18)11-6-7-12(16)13(17)8-11/h2-9H,1H3. The summed E-state index contributed by atoms with van der Waals surface area (Å²) in [7, 11) is 2.06. The van der Waals surface area contributed by atoms with Crippen LogP contribution in [0.1, 0.15) is 0 Å². The van der Waals surface area contributed by atoms with Gasteiger partial charge in [-0.2, -0.15) is 0 Å². The van der Waals surface area contributed by atoms with E-state index in [2.05, 4.69) is 29.8 Å². The second-order valence-corrected chi connectivity index (χ2v) is 5.09. The summed E-state index contributed by atoms with van der Waals surface area (Å²) in [6, 6.07) is 16.2. The molecule has 3 aromatic rings. The normalized spacial score (nSPS) is 11.1. The fourth-order valence-corrected chi connectivity index (χ4v) is 2.52. The van der Waals surface area contributed by atoms with E-state index < -0.39 is 0 Å². The van der Waals surface area contributed by atoms with Gasteiger partial charge in [-0.15, -0.1) is 0 Å². The first-order chi connectivity index (χ1) is 8.66. The Bertz CT molecular complexity index is 728. The summed E-state index contributed by atoms with van der Waals surface area (Å²) in [5.41, 5.74) is 3.41. The highest BCUT2D eigenvalue weighted by Gasteiger charge is 2.08. The number of hydrogen-bond acceptors (Lipinski definition) is 0.